The molecule has 1 aliphatic carbocycles. The number of hydrogen-bond acceptors (Lipinski definition) is 6. The quantitative estimate of drug-likeness (QED) is 0.857. The minimum absolute atomic E-state index is 0.152. The predicted molar refractivity (Wildman–Crippen MR) is 76.2 cm³/mol. The Morgan fingerprint density at radius 2 is 2.05 bits per heavy atom. The number of nitrogens with zero attached hydrogens (tertiary/aromatic N) is 2. The molecule has 0 saturated carbocycles. The van der Waals surface area contributed by atoms with Crippen molar-refractivity contribution in [1.82, 2.24) is 15.2 Å². The van der Waals surface area contributed by atoms with Crippen molar-refractivity contribution in [3.8, 4) is 0 Å². The number of nitrogens with one attached hydrogen (secondary N) is 1. The Kier molecular flexibility index (Phi) is 4.08. The minimum atomic E-state index is -0.167. The van der Waals surface area contributed by atoms with Gasteiger partial charge in [0, 0.05) is 50.2 Å². The number of morpholine rings is 1. The van der Waals surface area contributed by atoms with E-state index in [0.717, 1.165) is 32.8 Å². The lowest BCUT2D eigenvalue weighted by Crippen LogP contribution is -2.41. The predicted octanol–water partition coefficient (Wildman–Crippen LogP) is 0.266. The Hall–Kier alpha value is -2.05. The summed E-state index contributed by atoms with van der Waals surface area (Å²) in [5.74, 6) is -0.319. The first kappa shape index (κ1) is 13.9. The summed E-state index contributed by atoms with van der Waals surface area (Å²) in [6.07, 6.45) is 4.35. The van der Waals surface area contributed by atoms with Gasteiger partial charge in [-0.25, -0.2) is 0 Å². The number of fused-ring (bicyclic) bond motifs is 1. The summed E-state index contributed by atoms with van der Waals surface area (Å²) in [4.78, 5) is 30.5. The summed E-state index contributed by atoms with van der Waals surface area (Å²) in [7, 11) is 0. The minimum Gasteiger partial charge on any atom is -0.380 e. The van der Waals surface area contributed by atoms with Crippen LogP contribution >= 0.6 is 0 Å². The second kappa shape index (κ2) is 6.15. The number of ether oxygens (including phenoxy) is 1. The standard InChI is InChI=1S/C15H17N3O3/c19-14-9-13(15(20)12-10-16-2-1-11(12)14)17-3-4-18-5-7-21-8-6-18/h1-2,9-10,17H,3-8H2. The molecule has 0 spiro atoms. The monoisotopic (exact) mass is 287 g/mol. The molecule has 0 bridgehead atoms. The molecular weight excluding hydrogens is 270 g/mol. The van der Waals surface area contributed by atoms with Gasteiger partial charge in [-0.15, -0.1) is 0 Å². The van der Waals surface area contributed by atoms with E-state index < -0.39 is 0 Å². The lowest BCUT2D eigenvalue weighted by atomic mass is 9.94. The van der Waals surface area contributed by atoms with E-state index >= 15 is 0 Å². The molecule has 1 fully saturated rings. The number of pyridine rings is 1. The lowest BCUT2D eigenvalue weighted by Gasteiger charge is -2.27. The summed E-state index contributed by atoms with van der Waals surface area (Å²) >= 11 is 0. The second-order valence-electron chi connectivity index (χ2n) is 5.05. The van der Waals surface area contributed by atoms with E-state index in [0.29, 0.717) is 23.4 Å². The normalized spacial score (nSPS) is 19.1. The summed E-state index contributed by atoms with van der Waals surface area (Å²) < 4.78 is 5.29. The Balaban J connectivity index is 1.61. The van der Waals surface area contributed by atoms with Crippen LogP contribution in [0, 0.1) is 0 Å². The van der Waals surface area contributed by atoms with Crippen LogP contribution in [0.1, 0.15) is 20.7 Å². The Bertz CT molecular complexity index is 592. The van der Waals surface area contributed by atoms with Crippen molar-refractivity contribution in [2.24, 2.45) is 0 Å². The van der Waals surface area contributed by atoms with Crippen molar-refractivity contribution in [1.29, 1.82) is 0 Å². The van der Waals surface area contributed by atoms with Crippen LogP contribution in [0.15, 0.2) is 30.2 Å². The maximum Gasteiger partial charge on any atom is 0.211 e. The van der Waals surface area contributed by atoms with Crippen molar-refractivity contribution in [3.63, 3.8) is 0 Å². The molecular formula is C15H17N3O3. The lowest BCUT2D eigenvalue weighted by molar-refractivity contribution is 0.0386. The van der Waals surface area contributed by atoms with Gasteiger partial charge in [0.1, 0.15) is 0 Å². The fraction of sp³-hybridized carbons (Fsp3) is 0.400. The second-order valence-corrected chi connectivity index (χ2v) is 5.05. The first-order valence-corrected chi connectivity index (χ1v) is 7.04. The van der Waals surface area contributed by atoms with Gasteiger partial charge < -0.3 is 10.1 Å². The zero-order chi connectivity index (χ0) is 14.7. The van der Waals surface area contributed by atoms with Crippen LogP contribution in [0.4, 0.5) is 0 Å². The van der Waals surface area contributed by atoms with Gasteiger partial charge in [-0.05, 0) is 6.07 Å². The number of hydrogen-bond donors (Lipinski definition) is 1. The van der Waals surface area contributed by atoms with Crippen molar-refractivity contribution in [2.75, 3.05) is 39.4 Å². The van der Waals surface area contributed by atoms with Gasteiger partial charge in [-0.1, -0.05) is 0 Å². The Labute approximate surface area is 122 Å². The molecule has 1 aliphatic heterocycles. The summed E-state index contributed by atoms with van der Waals surface area (Å²) in [6.45, 7) is 4.75. The number of aromatic nitrogens is 1. The van der Waals surface area contributed by atoms with E-state index in [1.54, 1.807) is 6.07 Å². The maximum atomic E-state index is 12.3. The zero-order valence-corrected chi connectivity index (χ0v) is 11.7. The number of Topliss-reactive ketones (excluding diaryl/α,β-unsaturated/α-hetero) is 1. The molecule has 0 unspecified atom stereocenters. The topological polar surface area (TPSA) is 71.5 Å². The van der Waals surface area contributed by atoms with Gasteiger partial charge in [0.25, 0.3) is 0 Å². The van der Waals surface area contributed by atoms with Crippen molar-refractivity contribution < 1.29 is 14.3 Å². The molecule has 0 aromatic carbocycles. The maximum absolute atomic E-state index is 12.3. The number of allylic oxidation sites excluding steroid dienone is 2. The molecule has 3 rings (SSSR count). The van der Waals surface area contributed by atoms with Gasteiger partial charge in [-0.3, -0.25) is 19.5 Å². The smallest absolute Gasteiger partial charge is 0.211 e. The SMILES string of the molecule is O=C1C=C(NCCN2CCOCC2)C(=O)c2cnccc21. The molecule has 1 N–H and O–H groups in total. The molecule has 2 heterocycles. The van der Waals surface area contributed by atoms with Gasteiger partial charge in [0.15, 0.2) is 5.78 Å². The third-order valence-corrected chi connectivity index (χ3v) is 3.70. The highest BCUT2D eigenvalue weighted by Gasteiger charge is 2.25. The molecule has 1 aromatic rings. The molecule has 0 amide bonds. The highest BCUT2D eigenvalue weighted by Crippen LogP contribution is 2.18. The molecule has 21 heavy (non-hydrogen) atoms. The number of ketones is 2. The fourth-order valence-corrected chi connectivity index (χ4v) is 2.51. The first-order chi connectivity index (χ1) is 10.3. The molecule has 6 heteroatoms. The van der Waals surface area contributed by atoms with Crippen LogP contribution in [0.2, 0.25) is 0 Å². The van der Waals surface area contributed by atoms with Crippen LogP contribution < -0.4 is 5.32 Å². The van der Waals surface area contributed by atoms with E-state index in [9.17, 15) is 9.59 Å². The molecule has 110 valence electrons. The average Bonchev–Trinajstić information content (AvgIpc) is 2.53. The molecule has 2 aliphatic rings. The zero-order valence-electron chi connectivity index (χ0n) is 11.7. The Morgan fingerprint density at radius 3 is 2.86 bits per heavy atom. The summed E-state index contributed by atoms with van der Waals surface area (Å²) in [5, 5.41) is 3.07. The molecule has 6 nitrogen and oxygen atoms in total. The van der Waals surface area contributed by atoms with Crippen LogP contribution in [-0.4, -0.2) is 60.8 Å². The van der Waals surface area contributed by atoms with Crippen LogP contribution in [0.25, 0.3) is 0 Å². The van der Waals surface area contributed by atoms with Crippen LogP contribution in [0.5, 0.6) is 0 Å². The van der Waals surface area contributed by atoms with Crippen LogP contribution in [-0.2, 0) is 4.74 Å². The third-order valence-electron chi connectivity index (χ3n) is 3.70. The number of carbonyl (C=O) groups is 2. The molecule has 0 radical (unpaired) electrons. The summed E-state index contributed by atoms with van der Waals surface area (Å²) in [5.41, 5.74) is 1.15. The fourth-order valence-electron chi connectivity index (χ4n) is 2.51. The van der Waals surface area contributed by atoms with Crippen molar-refractivity contribution in [3.05, 3.63) is 41.4 Å². The van der Waals surface area contributed by atoms with E-state index in [4.69, 9.17) is 4.74 Å². The molecule has 1 aromatic heterocycles. The average molecular weight is 287 g/mol. The number of rotatable bonds is 4. The van der Waals surface area contributed by atoms with Crippen molar-refractivity contribution >= 4 is 11.6 Å². The summed E-state index contributed by atoms with van der Waals surface area (Å²) in [6, 6.07) is 1.58. The van der Waals surface area contributed by atoms with Crippen molar-refractivity contribution in [2.45, 2.75) is 0 Å². The third kappa shape index (κ3) is 3.01. The Morgan fingerprint density at radius 1 is 1.24 bits per heavy atom. The van der Waals surface area contributed by atoms with Gasteiger partial charge in [-0.2, -0.15) is 0 Å². The van der Waals surface area contributed by atoms with E-state index in [1.165, 1.54) is 18.5 Å². The highest BCUT2D eigenvalue weighted by atomic mass is 16.5. The molecule has 1 saturated heterocycles. The number of carbonyl (C=O) groups excluding carboxylic acids is 2. The van der Waals surface area contributed by atoms with Crippen LogP contribution in [0.3, 0.4) is 0 Å². The van der Waals surface area contributed by atoms with E-state index in [1.807, 2.05) is 0 Å². The van der Waals surface area contributed by atoms with E-state index in [-0.39, 0.29) is 11.6 Å². The first-order valence-electron chi connectivity index (χ1n) is 7.04. The highest BCUT2D eigenvalue weighted by molar-refractivity contribution is 6.24. The molecule has 0 atom stereocenters. The van der Waals surface area contributed by atoms with Gasteiger partial charge in [0.2, 0.25) is 5.78 Å². The van der Waals surface area contributed by atoms with Gasteiger partial charge in [0.05, 0.1) is 24.5 Å². The van der Waals surface area contributed by atoms with E-state index in [2.05, 4.69) is 15.2 Å². The van der Waals surface area contributed by atoms with Gasteiger partial charge >= 0.3 is 0 Å². The largest absolute Gasteiger partial charge is 0.380 e.